The van der Waals surface area contributed by atoms with E-state index in [1.54, 1.807) is 0 Å². The Morgan fingerprint density at radius 2 is 2.06 bits per heavy atom. The maximum Gasteiger partial charge on any atom is 0.244 e. The molecule has 0 atom stereocenters. The number of hydrogen-bond acceptors (Lipinski definition) is 3. The molecular weight excluding hydrogens is 279 g/mol. The van der Waals surface area contributed by atoms with E-state index in [0.717, 1.165) is 25.1 Å². The minimum atomic E-state index is -3.72. The minimum Gasteiger partial charge on any atom is -0.315 e. The molecule has 0 aromatic heterocycles. The molecule has 1 aromatic carbocycles. The van der Waals surface area contributed by atoms with Crippen molar-refractivity contribution >= 4 is 21.6 Å². The van der Waals surface area contributed by atoms with Gasteiger partial charge in [-0.15, -0.1) is 0 Å². The lowest BCUT2D eigenvalue weighted by Gasteiger charge is -2.20. The Hall–Kier alpha value is -0.690. The predicted molar refractivity (Wildman–Crippen MR) is 67.7 cm³/mol. The summed E-state index contributed by atoms with van der Waals surface area (Å²) in [6, 6.07) is 3.38. The van der Waals surface area contributed by atoms with Crippen molar-refractivity contribution in [2.75, 3.05) is 26.2 Å². The van der Waals surface area contributed by atoms with E-state index < -0.39 is 15.8 Å². The van der Waals surface area contributed by atoms with Crippen LogP contribution in [-0.4, -0.2) is 38.9 Å². The van der Waals surface area contributed by atoms with Crippen LogP contribution in [0.2, 0.25) is 5.02 Å². The lowest BCUT2D eigenvalue weighted by Crippen LogP contribution is -2.34. The van der Waals surface area contributed by atoms with E-state index in [9.17, 15) is 12.8 Å². The van der Waals surface area contributed by atoms with Gasteiger partial charge in [-0.1, -0.05) is 11.6 Å². The molecule has 1 aliphatic heterocycles. The van der Waals surface area contributed by atoms with E-state index >= 15 is 0 Å². The summed E-state index contributed by atoms with van der Waals surface area (Å²) in [5.74, 6) is -0.606. The van der Waals surface area contributed by atoms with Gasteiger partial charge in [0.1, 0.15) is 10.7 Å². The van der Waals surface area contributed by atoms with Gasteiger partial charge in [0.2, 0.25) is 10.0 Å². The quantitative estimate of drug-likeness (QED) is 0.898. The van der Waals surface area contributed by atoms with Crippen LogP contribution in [0, 0.1) is 5.82 Å². The standard InChI is InChI=1S/C11H14ClFN2O2S/c12-10-3-2-9(13)8-11(10)18(16,17)15-6-1-4-14-5-7-15/h2-3,8,14H,1,4-7H2. The van der Waals surface area contributed by atoms with Crippen LogP contribution in [0.5, 0.6) is 0 Å². The molecule has 0 saturated carbocycles. The molecule has 0 spiro atoms. The van der Waals surface area contributed by atoms with Crippen LogP contribution in [0.4, 0.5) is 4.39 Å². The van der Waals surface area contributed by atoms with Crippen molar-refractivity contribution < 1.29 is 12.8 Å². The Kier molecular flexibility index (Phi) is 4.21. The molecule has 0 aliphatic carbocycles. The van der Waals surface area contributed by atoms with Crippen LogP contribution in [-0.2, 0) is 10.0 Å². The molecule has 0 amide bonds. The van der Waals surface area contributed by atoms with Gasteiger partial charge in [-0.05, 0) is 31.2 Å². The van der Waals surface area contributed by atoms with Crippen LogP contribution in [0.25, 0.3) is 0 Å². The smallest absolute Gasteiger partial charge is 0.244 e. The summed E-state index contributed by atoms with van der Waals surface area (Å²) < 4.78 is 39.2. The highest BCUT2D eigenvalue weighted by molar-refractivity contribution is 7.89. The molecule has 100 valence electrons. The zero-order valence-corrected chi connectivity index (χ0v) is 11.3. The summed E-state index contributed by atoms with van der Waals surface area (Å²) in [6.45, 7) is 2.16. The highest BCUT2D eigenvalue weighted by Crippen LogP contribution is 2.25. The molecule has 0 radical (unpaired) electrons. The normalized spacial score (nSPS) is 18.6. The molecule has 4 nitrogen and oxygen atoms in total. The van der Waals surface area contributed by atoms with Gasteiger partial charge in [0.05, 0.1) is 5.02 Å². The number of benzene rings is 1. The molecule has 0 unspecified atom stereocenters. The predicted octanol–water partition coefficient (Wildman–Crippen LogP) is 1.46. The average Bonchev–Trinajstić information content (AvgIpc) is 2.61. The second kappa shape index (κ2) is 5.52. The van der Waals surface area contributed by atoms with Gasteiger partial charge in [-0.2, -0.15) is 4.31 Å². The fourth-order valence-corrected chi connectivity index (χ4v) is 3.84. The third-order valence-corrected chi connectivity index (χ3v) is 5.19. The van der Waals surface area contributed by atoms with Gasteiger partial charge < -0.3 is 5.32 Å². The monoisotopic (exact) mass is 292 g/mol. The zero-order valence-electron chi connectivity index (χ0n) is 9.70. The third-order valence-electron chi connectivity index (χ3n) is 2.81. The molecule has 0 bridgehead atoms. The Balaban J connectivity index is 2.37. The molecule has 1 N–H and O–H groups in total. The number of sulfonamides is 1. The second-order valence-corrected chi connectivity index (χ2v) is 6.40. The van der Waals surface area contributed by atoms with Gasteiger partial charge in [0.15, 0.2) is 0 Å². The summed E-state index contributed by atoms with van der Waals surface area (Å²) in [7, 11) is -3.72. The van der Waals surface area contributed by atoms with E-state index in [-0.39, 0.29) is 9.92 Å². The summed E-state index contributed by atoms with van der Waals surface area (Å²) in [4.78, 5) is -0.161. The van der Waals surface area contributed by atoms with Gasteiger partial charge in [0, 0.05) is 19.6 Å². The first-order valence-electron chi connectivity index (χ1n) is 5.68. The minimum absolute atomic E-state index is 0.0496. The number of nitrogens with zero attached hydrogens (tertiary/aromatic N) is 1. The molecular formula is C11H14ClFN2O2S. The van der Waals surface area contributed by atoms with Crippen molar-refractivity contribution in [3.05, 3.63) is 29.0 Å². The lowest BCUT2D eigenvalue weighted by atomic mass is 10.3. The van der Waals surface area contributed by atoms with Crippen LogP contribution in [0.3, 0.4) is 0 Å². The Labute approximate surface area is 111 Å². The number of nitrogens with one attached hydrogen (secondary N) is 1. The van der Waals surface area contributed by atoms with Crippen molar-refractivity contribution in [2.24, 2.45) is 0 Å². The summed E-state index contributed by atoms with van der Waals surface area (Å²) in [5.41, 5.74) is 0. The van der Waals surface area contributed by atoms with Crippen molar-refractivity contribution in [3.63, 3.8) is 0 Å². The van der Waals surface area contributed by atoms with E-state index in [2.05, 4.69) is 5.32 Å². The highest BCUT2D eigenvalue weighted by atomic mass is 35.5. The molecule has 1 fully saturated rings. The Morgan fingerprint density at radius 3 is 2.83 bits per heavy atom. The van der Waals surface area contributed by atoms with Crippen LogP contribution < -0.4 is 5.32 Å². The molecule has 2 rings (SSSR count). The molecule has 1 aromatic rings. The second-order valence-electron chi connectivity index (χ2n) is 4.08. The van der Waals surface area contributed by atoms with Crippen molar-refractivity contribution in [1.29, 1.82) is 0 Å². The van der Waals surface area contributed by atoms with Crippen LogP contribution >= 0.6 is 11.6 Å². The molecule has 1 heterocycles. The SMILES string of the molecule is O=S(=O)(c1cc(F)ccc1Cl)N1CCCNCC1. The number of rotatable bonds is 2. The van der Waals surface area contributed by atoms with Gasteiger partial charge in [-0.25, -0.2) is 12.8 Å². The van der Waals surface area contributed by atoms with Crippen molar-refractivity contribution in [1.82, 2.24) is 9.62 Å². The summed E-state index contributed by atoms with van der Waals surface area (Å²) in [5, 5.41) is 3.16. The van der Waals surface area contributed by atoms with E-state index in [1.807, 2.05) is 0 Å². The largest absolute Gasteiger partial charge is 0.315 e. The van der Waals surface area contributed by atoms with E-state index in [4.69, 9.17) is 11.6 Å². The molecule has 18 heavy (non-hydrogen) atoms. The average molecular weight is 293 g/mol. The summed E-state index contributed by atoms with van der Waals surface area (Å²) in [6.07, 6.45) is 0.728. The van der Waals surface area contributed by atoms with Crippen LogP contribution in [0.15, 0.2) is 23.1 Å². The first-order valence-corrected chi connectivity index (χ1v) is 7.49. The zero-order chi connectivity index (χ0) is 13.2. The third kappa shape index (κ3) is 2.83. The van der Waals surface area contributed by atoms with Crippen molar-refractivity contribution in [2.45, 2.75) is 11.3 Å². The maximum absolute atomic E-state index is 13.2. The topological polar surface area (TPSA) is 49.4 Å². The first kappa shape index (κ1) is 13.7. The fraction of sp³-hybridized carbons (Fsp3) is 0.455. The van der Waals surface area contributed by atoms with Gasteiger partial charge in [-0.3, -0.25) is 0 Å². The Morgan fingerprint density at radius 1 is 1.28 bits per heavy atom. The number of halogens is 2. The molecule has 1 saturated heterocycles. The maximum atomic E-state index is 13.2. The van der Waals surface area contributed by atoms with E-state index in [1.165, 1.54) is 10.4 Å². The van der Waals surface area contributed by atoms with Gasteiger partial charge in [0.25, 0.3) is 0 Å². The Bertz CT molecular complexity index is 528. The highest BCUT2D eigenvalue weighted by Gasteiger charge is 2.27. The fourth-order valence-electron chi connectivity index (χ4n) is 1.88. The van der Waals surface area contributed by atoms with Gasteiger partial charge >= 0.3 is 0 Å². The summed E-state index contributed by atoms with van der Waals surface area (Å²) >= 11 is 5.85. The first-order chi connectivity index (χ1) is 8.51. The van der Waals surface area contributed by atoms with Crippen LogP contribution in [0.1, 0.15) is 6.42 Å². The molecule has 7 heteroatoms. The van der Waals surface area contributed by atoms with Crippen molar-refractivity contribution in [3.8, 4) is 0 Å². The number of hydrogen-bond donors (Lipinski definition) is 1. The van der Waals surface area contributed by atoms with E-state index in [0.29, 0.717) is 19.6 Å². The lowest BCUT2D eigenvalue weighted by molar-refractivity contribution is 0.431. The molecule has 1 aliphatic rings.